The largest absolute Gasteiger partial charge is 0.493 e. The fraction of sp³-hybridized carbons (Fsp3) is 0.350. The molecule has 2 unspecified atom stereocenters. The summed E-state index contributed by atoms with van der Waals surface area (Å²) in [7, 11) is 3.18. The lowest BCUT2D eigenvalue weighted by atomic mass is 9.94. The molecule has 0 bridgehead atoms. The Bertz CT molecular complexity index is 832. The third-order valence-corrected chi connectivity index (χ3v) is 5.53. The van der Waals surface area contributed by atoms with Crippen molar-refractivity contribution in [3.05, 3.63) is 57.8 Å². The third kappa shape index (κ3) is 4.63. The SMILES string of the molecule is COc1cc(Br)c(CCNC(=O)C2CNNC2c2ccc(F)cc2)cc1OC. The summed E-state index contributed by atoms with van der Waals surface area (Å²) in [6, 6.07) is 9.74. The molecule has 3 rings (SSSR count). The summed E-state index contributed by atoms with van der Waals surface area (Å²) >= 11 is 3.53. The second-order valence-electron chi connectivity index (χ2n) is 6.50. The minimum atomic E-state index is -0.295. The molecule has 2 atom stereocenters. The third-order valence-electron chi connectivity index (χ3n) is 4.79. The Balaban J connectivity index is 1.60. The zero-order valence-electron chi connectivity index (χ0n) is 15.7. The normalized spacial score (nSPS) is 18.7. The first-order valence-corrected chi connectivity index (χ1v) is 9.74. The van der Waals surface area contributed by atoms with Crippen LogP contribution in [0.25, 0.3) is 0 Å². The van der Waals surface area contributed by atoms with Crippen molar-refractivity contribution in [2.45, 2.75) is 12.5 Å². The first kappa shape index (κ1) is 20.6. The van der Waals surface area contributed by atoms with Gasteiger partial charge in [-0.25, -0.2) is 9.82 Å². The minimum Gasteiger partial charge on any atom is -0.493 e. The van der Waals surface area contributed by atoms with Gasteiger partial charge in [0, 0.05) is 17.6 Å². The number of benzene rings is 2. The van der Waals surface area contributed by atoms with E-state index in [9.17, 15) is 9.18 Å². The van der Waals surface area contributed by atoms with Gasteiger partial charge in [0.05, 0.1) is 26.2 Å². The van der Waals surface area contributed by atoms with E-state index >= 15 is 0 Å². The predicted octanol–water partition coefficient (Wildman–Crippen LogP) is 2.73. The van der Waals surface area contributed by atoms with Crippen LogP contribution in [0.5, 0.6) is 11.5 Å². The molecule has 1 amide bonds. The molecule has 2 aromatic rings. The molecule has 0 aliphatic carbocycles. The van der Waals surface area contributed by atoms with E-state index < -0.39 is 0 Å². The molecule has 1 aliphatic rings. The number of methoxy groups -OCH3 is 2. The number of hydrazine groups is 1. The summed E-state index contributed by atoms with van der Waals surface area (Å²) in [5.41, 5.74) is 8.00. The van der Waals surface area contributed by atoms with Crippen molar-refractivity contribution >= 4 is 21.8 Å². The maximum absolute atomic E-state index is 13.2. The standard InChI is InChI=1S/C20H23BrFN3O3/c1-27-17-9-13(16(21)10-18(17)28-2)7-8-23-20(26)15-11-24-25-19(15)12-3-5-14(22)6-4-12/h3-6,9-10,15,19,24-25H,7-8,11H2,1-2H3,(H,23,26). The van der Waals surface area contributed by atoms with E-state index in [1.54, 1.807) is 26.4 Å². The van der Waals surface area contributed by atoms with Gasteiger partial charge >= 0.3 is 0 Å². The second kappa shape index (κ2) is 9.36. The Morgan fingerprint density at radius 1 is 1.21 bits per heavy atom. The van der Waals surface area contributed by atoms with E-state index in [-0.39, 0.29) is 23.7 Å². The highest BCUT2D eigenvalue weighted by molar-refractivity contribution is 9.10. The number of carbonyl (C=O) groups excluding carboxylic acids is 1. The Labute approximate surface area is 171 Å². The highest BCUT2D eigenvalue weighted by Crippen LogP contribution is 2.33. The lowest BCUT2D eigenvalue weighted by Crippen LogP contribution is -2.36. The second-order valence-corrected chi connectivity index (χ2v) is 7.35. The zero-order valence-corrected chi connectivity index (χ0v) is 17.3. The van der Waals surface area contributed by atoms with E-state index in [1.165, 1.54) is 12.1 Å². The highest BCUT2D eigenvalue weighted by Gasteiger charge is 2.33. The van der Waals surface area contributed by atoms with E-state index in [1.807, 2.05) is 12.1 Å². The van der Waals surface area contributed by atoms with Crippen LogP contribution in [0.2, 0.25) is 0 Å². The van der Waals surface area contributed by atoms with E-state index in [2.05, 4.69) is 32.1 Å². The summed E-state index contributed by atoms with van der Waals surface area (Å²) < 4.78 is 24.7. The average Bonchev–Trinajstić information content (AvgIpc) is 3.19. The van der Waals surface area contributed by atoms with Gasteiger partial charge in [-0.2, -0.15) is 0 Å². The topological polar surface area (TPSA) is 71.6 Å². The first-order valence-electron chi connectivity index (χ1n) is 8.95. The van der Waals surface area contributed by atoms with Gasteiger partial charge in [0.1, 0.15) is 5.82 Å². The Morgan fingerprint density at radius 2 is 1.89 bits per heavy atom. The minimum absolute atomic E-state index is 0.0524. The molecule has 1 aliphatic heterocycles. The molecule has 0 aromatic heterocycles. The van der Waals surface area contributed by atoms with Gasteiger partial charge in [-0.1, -0.05) is 28.1 Å². The molecule has 3 N–H and O–H groups in total. The first-order chi connectivity index (χ1) is 13.5. The average molecular weight is 452 g/mol. The molecule has 1 fully saturated rings. The van der Waals surface area contributed by atoms with Crippen LogP contribution < -0.4 is 25.6 Å². The van der Waals surface area contributed by atoms with Crippen LogP contribution in [0.1, 0.15) is 17.2 Å². The fourth-order valence-electron chi connectivity index (χ4n) is 3.27. The van der Waals surface area contributed by atoms with Crippen molar-refractivity contribution in [3.8, 4) is 11.5 Å². The molecule has 0 spiro atoms. The van der Waals surface area contributed by atoms with Crippen molar-refractivity contribution in [1.82, 2.24) is 16.2 Å². The molecular weight excluding hydrogens is 429 g/mol. The summed E-state index contributed by atoms with van der Waals surface area (Å²) in [6.45, 7) is 0.994. The number of amides is 1. The van der Waals surface area contributed by atoms with E-state index in [0.29, 0.717) is 31.0 Å². The molecular formula is C20H23BrFN3O3. The lowest BCUT2D eigenvalue weighted by molar-refractivity contribution is -0.124. The van der Waals surface area contributed by atoms with Crippen LogP contribution in [0.4, 0.5) is 4.39 Å². The van der Waals surface area contributed by atoms with Crippen molar-refractivity contribution in [2.75, 3.05) is 27.3 Å². The Kier molecular flexibility index (Phi) is 6.88. The number of nitrogens with one attached hydrogen (secondary N) is 3. The van der Waals surface area contributed by atoms with Crippen LogP contribution in [-0.2, 0) is 11.2 Å². The Hall–Kier alpha value is -2.16. The van der Waals surface area contributed by atoms with Crippen molar-refractivity contribution in [1.29, 1.82) is 0 Å². The van der Waals surface area contributed by atoms with E-state index in [4.69, 9.17) is 9.47 Å². The van der Waals surface area contributed by atoms with Gasteiger partial charge < -0.3 is 14.8 Å². The summed E-state index contributed by atoms with van der Waals surface area (Å²) in [6.07, 6.45) is 0.640. The van der Waals surface area contributed by atoms with Gasteiger partial charge in [-0.15, -0.1) is 0 Å². The maximum atomic E-state index is 13.2. The van der Waals surface area contributed by atoms with Gasteiger partial charge in [-0.05, 0) is 41.8 Å². The zero-order chi connectivity index (χ0) is 20.1. The molecule has 8 heteroatoms. The molecule has 28 heavy (non-hydrogen) atoms. The van der Waals surface area contributed by atoms with Gasteiger partial charge in [0.15, 0.2) is 11.5 Å². The van der Waals surface area contributed by atoms with Crippen LogP contribution in [0.15, 0.2) is 40.9 Å². The molecule has 1 saturated heterocycles. The van der Waals surface area contributed by atoms with Gasteiger partial charge in [0.25, 0.3) is 0 Å². The smallest absolute Gasteiger partial charge is 0.226 e. The van der Waals surface area contributed by atoms with Crippen LogP contribution in [0, 0.1) is 11.7 Å². The Morgan fingerprint density at radius 3 is 2.57 bits per heavy atom. The molecule has 0 radical (unpaired) electrons. The fourth-order valence-corrected chi connectivity index (χ4v) is 3.79. The van der Waals surface area contributed by atoms with Gasteiger partial charge in [-0.3, -0.25) is 10.2 Å². The number of halogens is 2. The van der Waals surface area contributed by atoms with Crippen LogP contribution in [-0.4, -0.2) is 33.2 Å². The van der Waals surface area contributed by atoms with E-state index in [0.717, 1.165) is 15.6 Å². The number of hydrogen-bond acceptors (Lipinski definition) is 5. The lowest BCUT2D eigenvalue weighted by Gasteiger charge is -2.19. The van der Waals surface area contributed by atoms with Crippen molar-refractivity contribution in [3.63, 3.8) is 0 Å². The maximum Gasteiger partial charge on any atom is 0.226 e. The number of carbonyl (C=O) groups is 1. The molecule has 1 heterocycles. The highest BCUT2D eigenvalue weighted by atomic mass is 79.9. The summed E-state index contributed by atoms with van der Waals surface area (Å²) in [5, 5.41) is 2.99. The quantitative estimate of drug-likeness (QED) is 0.603. The molecule has 0 saturated carbocycles. The number of hydrogen-bond donors (Lipinski definition) is 3. The molecule has 2 aromatic carbocycles. The van der Waals surface area contributed by atoms with Gasteiger partial charge in [0.2, 0.25) is 5.91 Å². The van der Waals surface area contributed by atoms with Crippen molar-refractivity contribution in [2.24, 2.45) is 5.92 Å². The monoisotopic (exact) mass is 451 g/mol. The van der Waals surface area contributed by atoms with Crippen LogP contribution >= 0.6 is 15.9 Å². The summed E-state index contributed by atoms with van der Waals surface area (Å²) in [4.78, 5) is 12.7. The van der Waals surface area contributed by atoms with Crippen LogP contribution in [0.3, 0.4) is 0 Å². The van der Waals surface area contributed by atoms with Crippen molar-refractivity contribution < 1.29 is 18.7 Å². The molecule has 6 nitrogen and oxygen atoms in total. The molecule has 150 valence electrons. The predicted molar refractivity (Wildman–Crippen MR) is 108 cm³/mol. The number of ether oxygens (including phenoxy) is 2. The number of rotatable bonds is 7. The summed E-state index contributed by atoms with van der Waals surface area (Å²) in [5.74, 6) is 0.666.